The van der Waals surface area contributed by atoms with E-state index < -0.39 is 23.7 Å². The van der Waals surface area contributed by atoms with Gasteiger partial charge in [-0.05, 0) is 42.2 Å². The van der Waals surface area contributed by atoms with Crippen molar-refractivity contribution in [1.82, 2.24) is 0 Å². The molecule has 0 aromatic heterocycles. The predicted molar refractivity (Wildman–Crippen MR) is 59.6 cm³/mol. The molecule has 0 bridgehead atoms. The van der Waals surface area contributed by atoms with E-state index in [1.54, 1.807) is 0 Å². The highest BCUT2D eigenvalue weighted by molar-refractivity contribution is 5.32. The van der Waals surface area contributed by atoms with Crippen LogP contribution in [-0.2, 0) is 10.9 Å². The number of benzene rings is 1. The number of halogens is 4. The molecule has 1 unspecified atom stereocenters. The number of aliphatic hydroxyl groups excluding tert-OH is 1. The molecule has 0 fully saturated rings. The van der Waals surface area contributed by atoms with Gasteiger partial charge in [-0.25, -0.2) is 4.39 Å². The minimum atomic E-state index is -4.64. The Labute approximate surface area is 107 Å². The summed E-state index contributed by atoms with van der Waals surface area (Å²) in [6.07, 6.45) is -3.42. The molecule has 2 nitrogen and oxygen atoms in total. The topological polar surface area (TPSA) is 29.5 Å². The van der Waals surface area contributed by atoms with Gasteiger partial charge in [-0.1, -0.05) is 0 Å². The zero-order valence-electron chi connectivity index (χ0n) is 9.88. The zero-order valence-corrected chi connectivity index (χ0v) is 9.88. The molecule has 1 heterocycles. The molecular formula is C13H12F4O2. The van der Waals surface area contributed by atoms with E-state index in [0.29, 0.717) is 31.1 Å². The highest BCUT2D eigenvalue weighted by Gasteiger charge is 2.32. The molecule has 6 heteroatoms. The van der Waals surface area contributed by atoms with Crippen molar-refractivity contribution in [2.75, 3.05) is 6.61 Å². The Morgan fingerprint density at radius 3 is 2.53 bits per heavy atom. The summed E-state index contributed by atoms with van der Waals surface area (Å²) in [4.78, 5) is 0. The van der Waals surface area contributed by atoms with Crippen LogP contribution in [0.4, 0.5) is 17.6 Å². The Morgan fingerprint density at radius 2 is 1.95 bits per heavy atom. The smallest absolute Gasteiger partial charge is 0.416 e. The van der Waals surface area contributed by atoms with Crippen LogP contribution in [-0.4, -0.2) is 11.7 Å². The summed E-state index contributed by atoms with van der Waals surface area (Å²) in [6, 6.07) is 2.06. The van der Waals surface area contributed by atoms with Crippen molar-refractivity contribution >= 4 is 0 Å². The van der Waals surface area contributed by atoms with Crippen LogP contribution in [0.25, 0.3) is 0 Å². The lowest BCUT2D eigenvalue weighted by molar-refractivity contribution is -0.137. The quantitative estimate of drug-likeness (QED) is 0.837. The standard InChI is InChI=1S/C13H12F4O2/c14-11-5-9(4-10(6-11)13(15,16)17)12(18)8-2-1-3-19-7-8/h4-7,12,18H,1-3H2. The number of alkyl halides is 3. The van der Waals surface area contributed by atoms with Crippen molar-refractivity contribution in [3.63, 3.8) is 0 Å². The van der Waals surface area contributed by atoms with Crippen LogP contribution >= 0.6 is 0 Å². The fourth-order valence-electron chi connectivity index (χ4n) is 1.93. The SMILES string of the molecule is OC(C1=COCCC1)c1cc(F)cc(C(F)(F)F)c1. The molecule has 0 saturated carbocycles. The van der Waals surface area contributed by atoms with Crippen molar-refractivity contribution in [2.45, 2.75) is 25.1 Å². The van der Waals surface area contributed by atoms with E-state index in [9.17, 15) is 22.7 Å². The molecule has 1 N–H and O–H groups in total. The summed E-state index contributed by atoms with van der Waals surface area (Å²) in [7, 11) is 0. The Bertz CT molecular complexity index is 494. The molecular weight excluding hydrogens is 264 g/mol. The van der Waals surface area contributed by atoms with E-state index >= 15 is 0 Å². The summed E-state index contributed by atoms with van der Waals surface area (Å²) < 4.78 is 55.9. The molecule has 2 rings (SSSR count). The van der Waals surface area contributed by atoms with Gasteiger partial charge in [-0.15, -0.1) is 0 Å². The second kappa shape index (κ2) is 5.21. The van der Waals surface area contributed by atoms with Gasteiger partial charge in [0.15, 0.2) is 0 Å². The lowest BCUT2D eigenvalue weighted by Crippen LogP contribution is -2.11. The van der Waals surface area contributed by atoms with Crippen LogP contribution < -0.4 is 0 Å². The highest BCUT2D eigenvalue weighted by Crippen LogP contribution is 2.34. The maximum atomic E-state index is 13.2. The van der Waals surface area contributed by atoms with Gasteiger partial charge in [0, 0.05) is 0 Å². The lowest BCUT2D eigenvalue weighted by atomic mass is 9.96. The molecule has 0 saturated heterocycles. The Hall–Kier alpha value is -1.56. The van der Waals surface area contributed by atoms with E-state index in [0.717, 1.165) is 12.1 Å². The minimum Gasteiger partial charge on any atom is -0.501 e. The van der Waals surface area contributed by atoms with E-state index in [2.05, 4.69) is 0 Å². The summed E-state index contributed by atoms with van der Waals surface area (Å²) in [6.45, 7) is 0.507. The third kappa shape index (κ3) is 3.26. The van der Waals surface area contributed by atoms with Crippen molar-refractivity contribution in [2.24, 2.45) is 0 Å². The third-order valence-electron chi connectivity index (χ3n) is 2.88. The maximum absolute atomic E-state index is 13.2. The van der Waals surface area contributed by atoms with Crippen LogP contribution in [0.1, 0.15) is 30.1 Å². The molecule has 1 aliphatic rings. The molecule has 1 aromatic rings. The first-order valence-electron chi connectivity index (χ1n) is 5.74. The summed E-state index contributed by atoms with van der Waals surface area (Å²) >= 11 is 0. The van der Waals surface area contributed by atoms with E-state index in [4.69, 9.17) is 4.74 Å². The summed E-state index contributed by atoms with van der Waals surface area (Å²) in [5, 5.41) is 9.98. The lowest BCUT2D eigenvalue weighted by Gasteiger charge is -2.20. The third-order valence-corrected chi connectivity index (χ3v) is 2.88. The normalized spacial score (nSPS) is 17.6. The largest absolute Gasteiger partial charge is 0.501 e. The van der Waals surface area contributed by atoms with Gasteiger partial charge in [0.2, 0.25) is 0 Å². The van der Waals surface area contributed by atoms with E-state index in [1.807, 2.05) is 0 Å². The van der Waals surface area contributed by atoms with Crippen molar-refractivity contribution < 1.29 is 27.4 Å². The van der Waals surface area contributed by atoms with Crippen molar-refractivity contribution in [1.29, 1.82) is 0 Å². The van der Waals surface area contributed by atoms with Crippen molar-refractivity contribution in [3.8, 4) is 0 Å². The summed E-state index contributed by atoms with van der Waals surface area (Å²) in [5.41, 5.74) is -0.784. The molecule has 1 aliphatic heterocycles. The monoisotopic (exact) mass is 276 g/mol. The number of rotatable bonds is 2. The first-order valence-corrected chi connectivity index (χ1v) is 5.74. The van der Waals surface area contributed by atoms with E-state index in [-0.39, 0.29) is 5.56 Å². The molecule has 19 heavy (non-hydrogen) atoms. The van der Waals surface area contributed by atoms with Crippen LogP contribution in [0.15, 0.2) is 30.0 Å². The van der Waals surface area contributed by atoms with Crippen LogP contribution in [0.3, 0.4) is 0 Å². The minimum absolute atomic E-state index is 0.121. The van der Waals surface area contributed by atoms with Crippen molar-refractivity contribution in [3.05, 3.63) is 47.0 Å². The molecule has 104 valence electrons. The molecule has 0 aliphatic carbocycles. The van der Waals surface area contributed by atoms with Gasteiger partial charge in [-0.2, -0.15) is 13.2 Å². The van der Waals surface area contributed by atoms with Gasteiger partial charge in [-0.3, -0.25) is 0 Å². The maximum Gasteiger partial charge on any atom is 0.416 e. The van der Waals surface area contributed by atoms with Gasteiger partial charge < -0.3 is 9.84 Å². The van der Waals surface area contributed by atoms with Crippen LogP contribution in [0.5, 0.6) is 0 Å². The number of hydrogen-bond donors (Lipinski definition) is 1. The molecule has 1 aromatic carbocycles. The Kier molecular flexibility index (Phi) is 3.80. The zero-order chi connectivity index (χ0) is 14.0. The predicted octanol–water partition coefficient (Wildman–Crippen LogP) is 3.57. The second-order valence-corrected chi connectivity index (χ2v) is 4.34. The van der Waals surface area contributed by atoms with E-state index in [1.165, 1.54) is 6.26 Å². The molecule has 0 radical (unpaired) electrons. The van der Waals surface area contributed by atoms with Crippen LogP contribution in [0.2, 0.25) is 0 Å². The number of aliphatic hydroxyl groups is 1. The first-order chi connectivity index (χ1) is 8.88. The molecule has 1 atom stereocenters. The number of ether oxygens (including phenoxy) is 1. The second-order valence-electron chi connectivity index (χ2n) is 4.34. The average molecular weight is 276 g/mol. The molecule has 0 amide bonds. The Balaban J connectivity index is 2.34. The Morgan fingerprint density at radius 1 is 1.21 bits per heavy atom. The van der Waals surface area contributed by atoms with Gasteiger partial charge in [0.1, 0.15) is 11.9 Å². The summed E-state index contributed by atoms with van der Waals surface area (Å²) in [5.74, 6) is -1.03. The fraction of sp³-hybridized carbons (Fsp3) is 0.385. The van der Waals surface area contributed by atoms with Crippen LogP contribution in [0, 0.1) is 5.82 Å². The first kappa shape index (κ1) is 13.9. The van der Waals surface area contributed by atoms with Gasteiger partial charge in [0.05, 0.1) is 18.4 Å². The fourth-order valence-corrected chi connectivity index (χ4v) is 1.93. The van der Waals surface area contributed by atoms with Gasteiger partial charge >= 0.3 is 6.18 Å². The highest BCUT2D eigenvalue weighted by atomic mass is 19.4. The molecule has 0 spiro atoms. The number of hydrogen-bond acceptors (Lipinski definition) is 2. The average Bonchev–Trinajstić information content (AvgIpc) is 2.37. The van der Waals surface area contributed by atoms with Gasteiger partial charge in [0.25, 0.3) is 0 Å².